The minimum Gasteiger partial charge on any atom is -0.326 e. The lowest BCUT2D eigenvalue weighted by atomic mass is 10.2. The Morgan fingerprint density at radius 3 is 2.73 bits per heavy atom. The number of hydrogen-bond acceptors (Lipinski definition) is 2. The average molecular weight is 266 g/mol. The fourth-order valence-electron chi connectivity index (χ4n) is 1.52. The molecule has 0 aliphatic carbocycles. The van der Waals surface area contributed by atoms with E-state index in [4.69, 9.17) is 5.73 Å². The zero-order valence-electron chi connectivity index (χ0n) is 8.44. The quantitative estimate of drug-likeness (QED) is 0.907. The second kappa shape index (κ2) is 4.16. The van der Waals surface area contributed by atoms with Crippen LogP contribution in [0.1, 0.15) is 11.3 Å². The number of para-hydroxylation sites is 1. The van der Waals surface area contributed by atoms with Crippen LogP contribution in [0.2, 0.25) is 0 Å². The van der Waals surface area contributed by atoms with E-state index in [1.54, 1.807) is 6.20 Å². The molecule has 1 aromatic heterocycles. The molecule has 0 bridgehead atoms. The van der Waals surface area contributed by atoms with Gasteiger partial charge in [-0.25, -0.2) is 4.68 Å². The van der Waals surface area contributed by atoms with Gasteiger partial charge in [-0.1, -0.05) is 18.2 Å². The Balaban J connectivity index is 2.58. The topological polar surface area (TPSA) is 43.8 Å². The Morgan fingerprint density at radius 2 is 2.13 bits per heavy atom. The van der Waals surface area contributed by atoms with Gasteiger partial charge in [0.05, 0.1) is 22.1 Å². The van der Waals surface area contributed by atoms with Gasteiger partial charge in [0, 0.05) is 6.54 Å². The second-order valence-electron chi connectivity index (χ2n) is 3.32. The van der Waals surface area contributed by atoms with Crippen molar-refractivity contribution in [2.24, 2.45) is 5.73 Å². The largest absolute Gasteiger partial charge is 0.326 e. The van der Waals surface area contributed by atoms with Crippen molar-refractivity contribution in [2.45, 2.75) is 13.5 Å². The van der Waals surface area contributed by atoms with Gasteiger partial charge in [0.15, 0.2) is 0 Å². The predicted octanol–water partition coefficient (Wildman–Crippen LogP) is 2.40. The molecule has 2 aromatic rings. The van der Waals surface area contributed by atoms with E-state index in [9.17, 15) is 0 Å². The third-order valence-electron chi connectivity index (χ3n) is 2.39. The Hall–Kier alpha value is -1.13. The highest BCUT2D eigenvalue weighted by molar-refractivity contribution is 9.10. The summed E-state index contributed by atoms with van der Waals surface area (Å²) in [5, 5.41) is 4.31. The lowest BCUT2D eigenvalue weighted by Gasteiger charge is -2.09. The molecule has 1 aromatic carbocycles. The molecule has 1 heterocycles. The first-order valence-corrected chi connectivity index (χ1v) is 5.52. The van der Waals surface area contributed by atoms with Gasteiger partial charge in [-0.2, -0.15) is 5.10 Å². The molecular formula is C11H12BrN3. The summed E-state index contributed by atoms with van der Waals surface area (Å²) in [6.07, 6.45) is 1.79. The van der Waals surface area contributed by atoms with Crippen molar-refractivity contribution in [3.63, 3.8) is 0 Å². The normalized spacial score (nSPS) is 10.6. The average Bonchev–Trinajstić information content (AvgIpc) is 2.60. The van der Waals surface area contributed by atoms with E-state index in [0.717, 1.165) is 21.4 Å². The highest BCUT2D eigenvalue weighted by Crippen LogP contribution is 2.20. The van der Waals surface area contributed by atoms with E-state index < -0.39 is 0 Å². The minimum atomic E-state index is 0.521. The van der Waals surface area contributed by atoms with Crippen molar-refractivity contribution < 1.29 is 0 Å². The summed E-state index contributed by atoms with van der Waals surface area (Å²) in [4.78, 5) is 0. The van der Waals surface area contributed by atoms with Crippen LogP contribution in [0, 0.1) is 6.92 Å². The SMILES string of the molecule is Cc1c(Br)cnn1-c1ccccc1CN. The van der Waals surface area contributed by atoms with Gasteiger partial charge in [0.2, 0.25) is 0 Å². The zero-order chi connectivity index (χ0) is 10.8. The molecule has 3 nitrogen and oxygen atoms in total. The highest BCUT2D eigenvalue weighted by atomic mass is 79.9. The van der Waals surface area contributed by atoms with Crippen molar-refractivity contribution in [2.75, 3.05) is 0 Å². The summed E-state index contributed by atoms with van der Waals surface area (Å²) >= 11 is 3.45. The van der Waals surface area contributed by atoms with E-state index >= 15 is 0 Å². The van der Waals surface area contributed by atoms with Crippen LogP contribution in [0.4, 0.5) is 0 Å². The monoisotopic (exact) mass is 265 g/mol. The number of nitrogens with two attached hydrogens (primary N) is 1. The minimum absolute atomic E-state index is 0.521. The first kappa shape index (κ1) is 10.4. The lowest BCUT2D eigenvalue weighted by molar-refractivity contribution is 0.829. The van der Waals surface area contributed by atoms with Crippen LogP contribution in [-0.2, 0) is 6.54 Å². The van der Waals surface area contributed by atoms with Crippen LogP contribution in [0.25, 0.3) is 5.69 Å². The van der Waals surface area contributed by atoms with Crippen molar-refractivity contribution in [1.29, 1.82) is 0 Å². The standard InChI is InChI=1S/C11H12BrN3/c1-8-10(12)7-14-15(8)11-5-3-2-4-9(11)6-13/h2-5,7H,6,13H2,1H3. The fourth-order valence-corrected chi connectivity index (χ4v) is 1.78. The van der Waals surface area contributed by atoms with Crippen LogP contribution in [0.5, 0.6) is 0 Å². The summed E-state index contributed by atoms with van der Waals surface area (Å²) < 4.78 is 2.90. The summed E-state index contributed by atoms with van der Waals surface area (Å²) in [6.45, 7) is 2.54. The first-order chi connectivity index (χ1) is 7.24. The molecule has 0 radical (unpaired) electrons. The summed E-state index contributed by atoms with van der Waals surface area (Å²) in [6, 6.07) is 8.02. The molecule has 0 spiro atoms. The van der Waals surface area contributed by atoms with Crippen molar-refractivity contribution >= 4 is 15.9 Å². The molecule has 2 N–H and O–H groups in total. The summed E-state index contributed by atoms with van der Waals surface area (Å²) in [5.74, 6) is 0. The number of aromatic nitrogens is 2. The maximum atomic E-state index is 5.69. The van der Waals surface area contributed by atoms with E-state index in [1.807, 2.05) is 35.9 Å². The number of hydrogen-bond donors (Lipinski definition) is 1. The smallest absolute Gasteiger partial charge is 0.0693 e. The van der Waals surface area contributed by atoms with Gasteiger partial charge in [-0.3, -0.25) is 0 Å². The molecule has 0 saturated carbocycles. The van der Waals surface area contributed by atoms with Gasteiger partial charge in [-0.15, -0.1) is 0 Å². The lowest BCUT2D eigenvalue weighted by Crippen LogP contribution is -2.06. The van der Waals surface area contributed by atoms with Crippen molar-refractivity contribution in [3.05, 3.63) is 46.2 Å². The number of benzene rings is 1. The maximum Gasteiger partial charge on any atom is 0.0693 e. The number of rotatable bonds is 2. The highest BCUT2D eigenvalue weighted by Gasteiger charge is 2.08. The molecule has 0 amide bonds. The van der Waals surface area contributed by atoms with Gasteiger partial charge in [0.25, 0.3) is 0 Å². The molecule has 2 rings (SSSR count). The molecule has 78 valence electrons. The van der Waals surface area contributed by atoms with Crippen LogP contribution >= 0.6 is 15.9 Å². The Kier molecular flexibility index (Phi) is 2.88. The molecule has 0 fully saturated rings. The summed E-state index contributed by atoms with van der Waals surface area (Å²) in [7, 11) is 0. The Morgan fingerprint density at radius 1 is 1.40 bits per heavy atom. The molecule has 0 atom stereocenters. The van der Waals surface area contributed by atoms with Gasteiger partial charge in [0.1, 0.15) is 0 Å². The van der Waals surface area contributed by atoms with Crippen molar-refractivity contribution in [3.8, 4) is 5.69 Å². The van der Waals surface area contributed by atoms with Crippen molar-refractivity contribution in [1.82, 2.24) is 9.78 Å². The Labute approximate surface area is 97.0 Å². The van der Waals surface area contributed by atoms with Gasteiger partial charge < -0.3 is 5.73 Å². The van der Waals surface area contributed by atoms with Gasteiger partial charge in [-0.05, 0) is 34.5 Å². The van der Waals surface area contributed by atoms with E-state index in [1.165, 1.54) is 0 Å². The van der Waals surface area contributed by atoms with Crippen LogP contribution in [0.15, 0.2) is 34.9 Å². The molecule has 15 heavy (non-hydrogen) atoms. The first-order valence-electron chi connectivity index (χ1n) is 4.72. The van der Waals surface area contributed by atoms with Crippen LogP contribution in [-0.4, -0.2) is 9.78 Å². The second-order valence-corrected chi connectivity index (χ2v) is 4.18. The molecular weight excluding hydrogens is 254 g/mol. The molecule has 0 unspecified atom stereocenters. The number of halogens is 1. The zero-order valence-corrected chi connectivity index (χ0v) is 10.0. The van der Waals surface area contributed by atoms with E-state index in [-0.39, 0.29) is 0 Å². The predicted molar refractivity (Wildman–Crippen MR) is 63.9 cm³/mol. The fraction of sp³-hybridized carbons (Fsp3) is 0.182. The maximum absolute atomic E-state index is 5.69. The third kappa shape index (κ3) is 1.82. The third-order valence-corrected chi connectivity index (χ3v) is 3.17. The van der Waals surface area contributed by atoms with E-state index in [0.29, 0.717) is 6.54 Å². The molecule has 0 saturated heterocycles. The molecule has 4 heteroatoms. The number of nitrogens with zero attached hydrogens (tertiary/aromatic N) is 2. The van der Waals surface area contributed by atoms with Crippen LogP contribution in [0.3, 0.4) is 0 Å². The van der Waals surface area contributed by atoms with Crippen LogP contribution < -0.4 is 5.73 Å². The summed E-state index contributed by atoms with van der Waals surface area (Å²) in [5.41, 5.74) is 8.91. The van der Waals surface area contributed by atoms with E-state index in [2.05, 4.69) is 21.0 Å². The molecule has 0 aliphatic rings. The van der Waals surface area contributed by atoms with Gasteiger partial charge >= 0.3 is 0 Å². The molecule has 0 aliphatic heterocycles. The Bertz CT molecular complexity index is 476.